The van der Waals surface area contributed by atoms with E-state index < -0.39 is 11.6 Å². The molecule has 0 bridgehead atoms. The van der Waals surface area contributed by atoms with Crippen LogP contribution in [0.4, 0.5) is 8.78 Å². The van der Waals surface area contributed by atoms with Crippen molar-refractivity contribution in [1.82, 2.24) is 9.78 Å². The Balaban J connectivity index is 2.44. The molecular formula is C10H8F2N2O. The Bertz CT molecular complexity index is 482. The number of hydrogen-bond acceptors (Lipinski definition) is 2. The number of methoxy groups -OCH3 is 1. The highest BCUT2D eigenvalue weighted by molar-refractivity contribution is 5.33. The number of hydrogen-bond donors (Lipinski definition) is 0. The summed E-state index contributed by atoms with van der Waals surface area (Å²) >= 11 is 0. The number of benzene rings is 1. The van der Waals surface area contributed by atoms with Gasteiger partial charge in [0, 0.05) is 18.3 Å². The third-order valence-electron chi connectivity index (χ3n) is 1.93. The molecule has 0 unspecified atom stereocenters. The monoisotopic (exact) mass is 210 g/mol. The molecule has 0 aliphatic rings. The maximum atomic E-state index is 13.3. The maximum absolute atomic E-state index is 13.3. The van der Waals surface area contributed by atoms with Crippen LogP contribution in [0.25, 0.3) is 5.69 Å². The molecule has 0 radical (unpaired) electrons. The van der Waals surface area contributed by atoms with E-state index in [0.29, 0.717) is 5.88 Å². The Morgan fingerprint density at radius 2 is 2.07 bits per heavy atom. The zero-order chi connectivity index (χ0) is 10.8. The van der Waals surface area contributed by atoms with Gasteiger partial charge in [-0.3, -0.25) is 0 Å². The van der Waals surface area contributed by atoms with Crippen molar-refractivity contribution in [2.45, 2.75) is 0 Å². The van der Waals surface area contributed by atoms with Crippen LogP contribution in [0.3, 0.4) is 0 Å². The summed E-state index contributed by atoms with van der Waals surface area (Å²) in [5, 5.41) is 3.92. The van der Waals surface area contributed by atoms with Crippen molar-refractivity contribution in [2.24, 2.45) is 0 Å². The Kier molecular flexibility index (Phi) is 2.37. The van der Waals surface area contributed by atoms with Gasteiger partial charge in [0.15, 0.2) is 5.82 Å². The summed E-state index contributed by atoms with van der Waals surface area (Å²) in [5.41, 5.74) is 0.180. The van der Waals surface area contributed by atoms with Crippen LogP contribution in [0.15, 0.2) is 30.5 Å². The van der Waals surface area contributed by atoms with E-state index in [0.717, 1.165) is 6.07 Å². The Morgan fingerprint density at radius 1 is 1.27 bits per heavy atom. The normalized spacial score (nSPS) is 10.3. The first-order valence-electron chi connectivity index (χ1n) is 4.26. The lowest BCUT2D eigenvalue weighted by molar-refractivity contribution is 0.393. The standard InChI is InChI=1S/C10H8F2N2O/c1-15-10-4-5-14(13-10)9-3-2-7(11)6-8(9)12/h2-6H,1H3. The second kappa shape index (κ2) is 3.68. The van der Waals surface area contributed by atoms with Crippen molar-refractivity contribution >= 4 is 0 Å². The van der Waals surface area contributed by atoms with Crippen LogP contribution in [0, 0.1) is 11.6 Å². The van der Waals surface area contributed by atoms with E-state index in [1.54, 1.807) is 6.07 Å². The fourth-order valence-electron chi connectivity index (χ4n) is 1.22. The molecule has 2 aromatic rings. The molecular weight excluding hydrogens is 202 g/mol. The minimum Gasteiger partial charge on any atom is -0.480 e. The number of aromatic nitrogens is 2. The fourth-order valence-corrected chi connectivity index (χ4v) is 1.22. The third-order valence-corrected chi connectivity index (χ3v) is 1.93. The second-order valence-electron chi connectivity index (χ2n) is 2.90. The summed E-state index contributed by atoms with van der Waals surface area (Å²) in [6.45, 7) is 0. The molecule has 1 heterocycles. The molecule has 15 heavy (non-hydrogen) atoms. The number of ether oxygens (including phenoxy) is 1. The fraction of sp³-hybridized carbons (Fsp3) is 0.100. The number of nitrogens with zero attached hydrogens (tertiary/aromatic N) is 2. The van der Waals surface area contributed by atoms with Crippen molar-refractivity contribution in [3.8, 4) is 11.6 Å². The van der Waals surface area contributed by atoms with Gasteiger partial charge in [-0.2, -0.15) is 0 Å². The van der Waals surface area contributed by atoms with E-state index in [1.165, 1.54) is 30.1 Å². The van der Waals surface area contributed by atoms with Gasteiger partial charge in [-0.25, -0.2) is 13.5 Å². The average molecular weight is 210 g/mol. The van der Waals surface area contributed by atoms with Gasteiger partial charge < -0.3 is 4.74 Å². The van der Waals surface area contributed by atoms with Crippen LogP contribution in [0.1, 0.15) is 0 Å². The van der Waals surface area contributed by atoms with E-state index in [1.807, 2.05) is 0 Å². The molecule has 1 aromatic carbocycles. The van der Waals surface area contributed by atoms with Crippen LogP contribution < -0.4 is 4.74 Å². The van der Waals surface area contributed by atoms with E-state index in [2.05, 4.69) is 5.10 Å². The van der Waals surface area contributed by atoms with Gasteiger partial charge in [-0.05, 0) is 12.1 Å². The third kappa shape index (κ3) is 1.81. The topological polar surface area (TPSA) is 27.1 Å². The molecule has 0 spiro atoms. The lowest BCUT2D eigenvalue weighted by Gasteiger charge is -2.02. The predicted molar refractivity (Wildman–Crippen MR) is 50.0 cm³/mol. The quantitative estimate of drug-likeness (QED) is 0.759. The van der Waals surface area contributed by atoms with Crippen LogP contribution in [0.2, 0.25) is 0 Å². The summed E-state index contributed by atoms with van der Waals surface area (Å²) in [4.78, 5) is 0. The molecule has 0 amide bonds. The number of halogens is 2. The SMILES string of the molecule is COc1ccn(-c2ccc(F)cc2F)n1. The molecule has 1 aromatic heterocycles. The van der Waals surface area contributed by atoms with Crippen LogP contribution >= 0.6 is 0 Å². The lowest BCUT2D eigenvalue weighted by atomic mass is 10.3. The molecule has 0 saturated carbocycles. The van der Waals surface area contributed by atoms with Crippen LogP contribution in [-0.2, 0) is 0 Å². The minimum atomic E-state index is -0.666. The molecule has 78 valence electrons. The van der Waals surface area contributed by atoms with Crippen molar-refractivity contribution in [3.63, 3.8) is 0 Å². The van der Waals surface area contributed by atoms with Crippen molar-refractivity contribution < 1.29 is 13.5 Å². The highest BCUT2D eigenvalue weighted by Gasteiger charge is 2.07. The summed E-state index contributed by atoms with van der Waals surface area (Å²) in [7, 11) is 1.47. The Hall–Kier alpha value is -1.91. The van der Waals surface area contributed by atoms with Gasteiger partial charge in [0.2, 0.25) is 5.88 Å². The summed E-state index contributed by atoms with van der Waals surface area (Å²) in [6.07, 6.45) is 1.54. The molecule has 0 aliphatic heterocycles. The molecule has 0 saturated heterocycles. The van der Waals surface area contributed by atoms with Gasteiger partial charge in [0.1, 0.15) is 11.5 Å². The zero-order valence-corrected chi connectivity index (χ0v) is 7.95. The van der Waals surface area contributed by atoms with Crippen molar-refractivity contribution in [3.05, 3.63) is 42.1 Å². The van der Waals surface area contributed by atoms with Gasteiger partial charge in [0.25, 0.3) is 0 Å². The largest absolute Gasteiger partial charge is 0.480 e. The predicted octanol–water partition coefficient (Wildman–Crippen LogP) is 2.16. The Labute approximate surface area is 84.9 Å². The van der Waals surface area contributed by atoms with Crippen LogP contribution in [0.5, 0.6) is 5.88 Å². The molecule has 0 atom stereocenters. The van der Waals surface area contributed by atoms with Crippen LogP contribution in [-0.4, -0.2) is 16.9 Å². The summed E-state index contributed by atoms with van der Waals surface area (Å²) in [6, 6.07) is 4.88. The van der Waals surface area contributed by atoms with Crippen molar-refractivity contribution in [1.29, 1.82) is 0 Å². The molecule has 0 fully saturated rings. The maximum Gasteiger partial charge on any atom is 0.232 e. The molecule has 3 nitrogen and oxygen atoms in total. The minimum absolute atomic E-state index is 0.180. The highest BCUT2D eigenvalue weighted by Crippen LogP contribution is 2.16. The Morgan fingerprint density at radius 3 is 2.67 bits per heavy atom. The smallest absolute Gasteiger partial charge is 0.232 e. The van der Waals surface area contributed by atoms with Gasteiger partial charge >= 0.3 is 0 Å². The molecule has 2 rings (SSSR count). The molecule has 5 heteroatoms. The second-order valence-corrected chi connectivity index (χ2v) is 2.90. The van der Waals surface area contributed by atoms with Crippen molar-refractivity contribution in [2.75, 3.05) is 7.11 Å². The van der Waals surface area contributed by atoms with Gasteiger partial charge in [-0.15, -0.1) is 5.10 Å². The van der Waals surface area contributed by atoms with E-state index in [4.69, 9.17) is 4.74 Å². The van der Waals surface area contributed by atoms with Gasteiger partial charge in [0.05, 0.1) is 7.11 Å². The molecule has 0 aliphatic carbocycles. The summed E-state index contributed by atoms with van der Waals surface area (Å²) in [5.74, 6) is -0.908. The first-order chi connectivity index (χ1) is 7.20. The first-order valence-corrected chi connectivity index (χ1v) is 4.26. The first kappa shape index (κ1) is 9.64. The summed E-state index contributed by atoms with van der Waals surface area (Å²) < 4.78 is 32.1. The highest BCUT2D eigenvalue weighted by atomic mass is 19.1. The van der Waals surface area contributed by atoms with E-state index in [9.17, 15) is 8.78 Å². The number of rotatable bonds is 2. The molecule has 0 N–H and O–H groups in total. The van der Waals surface area contributed by atoms with Gasteiger partial charge in [-0.1, -0.05) is 0 Å². The van der Waals surface area contributed by atoms with E-state index >= 15 is 0 Å². The van der Waals surface area contributed by atoms with E-state index in [-0.39, 0.29) is 5.69 Å². The average Bonchev–Trinajstić information content (AvgIpc) is 2.66. The lowest BCUT2D eigenvalue weighted by Crippen LogP contribution is -1.99. The zero-order valence-electron chi connectivity index (χ0n) is 7.95.